The second kappa shape index (κ2) is 11.5. The van der Waals surface area contributed by atoms with Crippen LogP contribution in [-0.4, -0.2) is 96.2 Å². The molecule has 15 nitrogen and oxygen atoms in total. The van der Waals surface area contributed by atoms with Gasteiger partial charge in [-0.2, -0.15) is 14.6 Å². The summed E-state index contributed by atoms with van der Waals surface area (Å²) in [6.07, 6.45) is 3.29. The summed E-state index contributed by atoms with van der Waals surface area (Å²) in [7, 11) is 0. The number of anilines is 2. The number of rotatable bonds is 8. The summed E-state index contributed by atoms with van der Waals surface area (Å²) in [5.41, 5.74) is 8.86. The van der Waals surface area contributed by atoms with E-state index in [0.29, 0.717) is 71.3 Å². The fraction of sp³-hybridized carbons (Fsp3) is 0.242. The third-order valence-corrected chi connectivity index (χ3v) is 8.75. The lowest BCUT2D eigenvalue weighted by Crippen LogP contribution is -2.50. The molecule has 242 valence electrons. The predicted molar refractivity (Wildman–Crippen MR) is 173 cm³/mol. The minimum Gasteiger partial charge on any atom is -0.492 e. The van der Waals surface area contributed by atoms with Gasteiger partial charge in [0, 0.05) is 38.1 Å². The topological polar surface area (TPSA) is 170 Å². The lowest BCUT2D eigenvalue weighted by Gasteiger charge is -2.37. The number of nitrogen functional groups attached to an aromatic ring is 1. The number of nitrogens with two attached hydrogens (primary N) is 1. The van der Waals surface area contributed by atoms with Crippen molar-refractivity contribution in [2.75, 3.05) is 50.0 Å². The maximum atomic E-state index is 13.5. The normalized spacial score (nSPS) is 15.5. The Labute approximate surface area is 273 Å². The van der Waals surface area contributed by atoms with Crippen molar-refractivity contribution in [2.45, 2.75) is 13.0 Å². The molecule has 2 N–H and O–H groups in total. The Morgan fingerprint density at radius 2 is 1.67 bits per heavy atom. The molecule has 15 heteroatoms. The van der Waals surface area contributed by atoms with Crippen molar-refractivity contribution in [3.63, 3.8) is 0 Å². The first-order valence-corrected chi connectivity index (χ1v) is 15.5. The van der Waals surface area contributed by atoms with Crippen molar-refractivity contribution in [2.24, 2.45) is 0 Å². The van der Waals surface area contributed by atoms with Gasteiger partial charge in [0.15, 0.2) is 17.1 Å². The van der Waals surface area contributed by atoms with Gasteiger partial charge in [-0.05, 0) is 55.5 Å². The molecule has 0 spiro atoms. The predicted octanol–water partition coefficient (Wildman–Crippen LogP) is 2.90. The van der Waals surface area contributed by atoms with Crippen molar-refractivity contribution < 1.29 is 23.5 Å². The van der Waals surface area contributed by atoms with E-state index in [4.69, 9.17) is 14.9 Å². The second-order valence-corrected chi connectivity index (χ2v) is 11.6. The Morgan fingerprint density at radius 1 is 0.938 bits per heavy atom. The molecule has 1 atom stereocenters. The summed E-state index contributed by atoms with van der Waals surface area (Å²) in [6, 6.07) is 17.4. The van der Waals surface area contributed by atoms with E-state index in [-0.39, 0.29) is 36.8 Å². The van der Waals surface area contributed by atoms with Crippen LogP contribution in [0.3, 0.4) is 0 Å². The van der Waals surface area contributed by atoms with Gasteiger partial charge in [-0.3, -0.25) is 24.0 Å². The average molecular weight is 647 g/mol. The van der Waals surface area contributed by atoms with Gasteiger partial charge in [0.2, 0.25) is 17.7 Å². The molecule has 2 aliphatic rings. The van der Waals surface area contributed by atoms with Gasteiger partial charge in [0.25, 0.3) is 11.8 Å². The zero-order valence-electron chi connectivity index (χ0n) is 25.9. The first kappa shape index (κ1) is 29.2. The molecule has 1 saturated heterocycles. The zero-order chi connectivity index (χ0) is 32.9. The van der Waals surface area contributed by atoms with Crippen LogP contribution in [0.2, 0.25) is 0 Å². The standard InChI is InChI=1S/C33H30N10O5/c1-20(42-19-25-27(37-42)36-33(34)43-29(25)35-28(38-43)26-7-4-17-48-26)30(44)40-14-12-39(13-15-40)21-8-10-22(11-9-21)47-18-16-41-31(45)23-5-2-3-6-24(23)32(41)46/h2-11,17,19-20H,12-16,18H2,1H3,(H2,34,36,37). The van der Waals surface area contributed by atoms with Crippen molar-refractivity contribution in [3.05, 3.63) is 84.3 Å². The third kappa shape index (κ3) is 4.96. The molecule has 4 aromatic heterocycles. The number of hydrogen-bond donors (Lipinski definition) is 1. The number of carbonyl (C=O) groups excluding carboxylic acids is 3. The molecule has 2 aliphatic heterocycles. The van der Waals surface area contributed by atoms with Crippen LogP contribution in [0.25, 0.3) is 28.3 Å². The second-order valence-electron chi connectivity index (χ2n) is 11.6. The summed E-state index contributed by atoms with van der Waals surface area (Å²) in [6.45, 7) is 4.59. The van der Waals surface area contributed by atoms with E-state index in [0.717, 1.165) is 5.69 Å². The number of benzene rings is 2. The van der Waals surface area contributed by atoms with Gasteiger partial charge in [0.05, 0.1) is 29.3 Å². The molecule has 0 bridgehead atoms. The Bertz CT molecular complexity index is 2150. The van der Waals surface area contributed by atoms with E-state index in [1.807, 2.05) is 36.1 Å². The van der Waals surface area contributed by atoms with Crippen molar-refractivity contribution >= 4 is 46.0 Å². The van der Waals surface area contributed by atoms with Gasteiger partial charge < -0.3 is 24.7 Å². The first-order chi connectivity index (χ1) is 23.4. The molecular weight excluding hydrogens is 616 g/mol. The van der Waals surface area contributed by atoms with Crippen LogP contribution >= 0.6 is 0 Å². The Balaban J connectivity index is 0.869. The number of piperazine rings is 1. The molecule has 6 aromatic rings. The van der Waals surface area contributed by atoms with Crippen molar-refractivity contribution in [1.82, 2.24) is 39.2 Å². The maximum absolute atomic E-state index is 13.5. The van der Waals surface area contributed by atoms with Crippen LogP contribution < -0.4 is 15.4 Å². The number of nitrogens with zero attached hydrogens (tertiary/aromatic N) is 9. The number of ether oxygens (including phenoxy) is 1. The van der Waals surface area contributed by atoms with E-state index in [2.05, 4.69) is 25.1 Å². The van der Waals surface area contributed by atoms with E-state index < -0.39 is 6.04 Å². The molecule has 0 radical (unpaired) electrons. The van der Waals surface area contributed by atoms with Crippen LogP contribution in [0, 0.1) is 0 Å². The number of imide groups is 1. The highest BCUT2D eigenvalue weighted by atomic mass is 16.5. The number of fused-ring (bicyclic) bond motifs is 4. The smallest absolute Gasteiger partial charge is 0.261 e. The first-order valence-electron chi connectivity index (χ1n) is 15.5. The SMILES string of the molecule is CC(C(=O)N1CCN(c2ccc(OCCN3C(=O)c4ccccc4C3=O)cc2)CC1)n1cc2c(nc(N)n3nc(-c4ccco4)nc23)n1. The van der Waals surface area contributed by atoms with Crippen LogP contribution in [-0.2, 0) is 4.79 Å². The number of furan rings is 1. The quantitative estimate of drug-likeness (QED) is 0.241. The summed E-state index contributed by atoms with van der Waals surface area (Å²) in [4.78, 5) is 52.9. The molecule has 6 heterocycles. The molecule has 1 fully saturated rings. The highest BCUT2D eigenvalue weighted by Crippen LogP contribution is 2.26. The summed E-state index contributed by atoms with van der Waals surface area (Å²) >= 11 is 0. The van der Waals surface area contributed by atoms with Crippen LogP contribution in [0.4, 0.5) is 11.6 Å². The van der Waals surface area contributed by atoms with E-state index in [1.54, 1.807) is 53.5 Å². The monoisotopic (exact) mass is 646 g/mol. The molecule has 0 saturated carbocycles. The largest absolute Gasteiger partial charge is 0.492 e. The van der Waals surface area contributed by atoms with Gasteiger partial charge in [-0.25, -0.2) is 4.98 Å². The zero-order valence-corrected chi connectivity index (χ0v) is 25.9. The molecule has 48 heavy (non-hydrogen) atoms. The number of hydrogen-bond acceptors (Lipinski definition) is 11. The Hall–Kier alpha value is -6.25. The highest BCUT2D eigenvalue weighted by molar-refractivity contribution is 6.21. The van der Waals surface area contributed by atoms with E-state index in [9.17, 15) is 14.4 Å². The lowest BCUT2D eigenvalue weighted by molar-refractivity contribution is -0.134. The lowest BCUT2D eigenvalue weighted by atomic mass is 10.1. The molecule has 1 unspecified atom stereocenters. The maximum Gasteiger partial charge on any atom is 0.261 e. The molecule has 2 aromatic carbocycles. The molecular formula is C33H30N10O5. The Kier molecular flexibility index (Phi) is 7.00. The van der Waals surface area contributed by atoms with Crippen LogP contribution in [0.15, 0.2) is 77.5 Å². The Morgan fingerprint density at radius 3 is 2.35 bits per heavy atom. The summed E-state index contributed by atoms with van der Waals surface area (Å²) in [5.74, 6) is 1.00. The number of aromatic nitrogens is 6. The van der Waals surface area contributed by atoms with Crippen molar-refractivity contribution in [3.8, 4) is 17.3 Å². The average Bonchev–Trinajstić information content (AvgIpc) is 3.92. The van der Waals surface area contributed by atoms with Gasteiger partial charge in [-0.15, -0.1) is 5.10 Å². The van der Waals surface area contributed by atoms with Crippen LogP contribution in [0.1, 0.15) is 33.7 Å². The number of carbonyl (C=O) groups is 3. The van der Waals surface area contributed by atoms with Crippen LogP contribution in [0.5, 0.6) is 5.75 Å². The van der Waals surface area contributed by atoms with Gasteiger partial charge in [-0.1, -0.05) is 12.1 Å². The fourth-order valence-corrected chi connectivity index (χ4v) is 6.15. The molecule has 8 rings (SSSR count). The number of amides is 3. The molecule has 0 aliphatic carbocycles. The minimum absolute atomic E-state index is 0.0500. The van der Waals surface area contributed by atoms with E-state index >= 15 is 0 Å². The fourth-order valence-electron chi connectivity index (χ4n) is 6.15. The third-order valence-electron chi connectivity index (χ3n) is 8.75. The minimum atomic E-state index is -0.573. The van der Waals surface area contributed by atoms with Crippen molar-refractivity contribution in [1.29, 1.82) is 0 Å². The molecule has 3 amide bonds. The summed E-state index contributed by atoms with van der Waals surface area (Å²) < 4.78 is 14.3. The van der Waals surface area contributed by atoms with E-state index in [1.165, 1.54) is 9.42 Å². The van der Waals surface area contributed by atoms with Gasteiger partial charge in [0.1, 0.15) is 18.4 Å². The van der Waals surface area contributed by atoms with Gasteiger partial charge >= 0.3 is 0 Å². The summed E-state index contributed by atoms with van der Waals surface area (Å²) in [5, 5.41) is 9.60. The highest BCUT2D eigenvalue weighted by Gasteiger charge is 2.35.